The number of carbonyl (C=O) groups is 1. The van der Waals surface area contributed by atoms with Crippen LogP contribution in [0.5, 0.6) is 0 Å². The monoisotopic (exact) mass is 234 g/mol. The van der Waals surface area contributed by atoms with Crippen molar-refractivity contribution in [3.05, 3.63) is 34.9 Å². The smallest absolute Gasteiger partial charge is 0.277 e. The highest BCUT2D eigenvalue weighted by Gasteiger charge is 2.09. The Morgan fingerprint density at radius 1 is 1.19 bits per heavy atom. The third-order valence-corrected chi connectivity index (χ3v) is 2.68. The van der Waals surface area contributed by atoms with Crippen LogP contribution in [0, 0.1) is 13.8 Å². The second kappa shape index (κ2) is 4.36. The molecule has 0 aliphatic carbocycles. The molecule has 0 unspecified atom stereocenters. The van der Waals surface area contributed by atoms with Gasteiger partial charge >= 0.3 is 0 Å². The minimum absolute atomic E-state index is 0.290. The van der Waals surface area contributed by atoms with E-state index < -0.39 is 0 Å². The molecule has 82 valence electrons. The van der Waals surface area contributed by atoms with E-state index >= 15 is 0 Å². The van der Waals surface area contributed by atoms with Crippen LogP contribution in [0.1, 0.15) is 21.1 Å². The predicted octanol–water partition coefficient (Wildman–Crippen LogP) is 1.80. The number of anilines is 1. The third kappa shape index (κ3) is 2.40. The fourth-order valence-corrected chi connectivity index (χ4v) is 1.74. The highest BCUT2D eigenvalue weighted by Crippen LogP contribution is 2.16. The maximum atomic E-state index is 11.7. The number of thiazole rings is 1. The van der Waals surface area contributed by atoms with Gasteiger partial charge in [0, 0.05) is 17.3 Å². The first-order valence-corrected chi connectivity index (χ1v) is 5.49. The van der Waals surface area contributed by atoms with Crippen LogP contribution in [-0.4, -0.2) is 20.9 Å². The summed E-state index contributed by atoms with van der Waals surface area (Å²) in [6, 6.07) is 0. The molecule has 1 N–H and O–H groups in total. The third-order valence-electron chi connectivity index (χ3n) is 1.86. The summed E-state index contributed by atoms with van der Waals surface area (Å²) in [7, 11) is 0. The number of hydrogen-bond acceptors (Lipinski definition) is 5. The number of nitrogens with one attached hydrogen (secondary N) is 1. The molecule has 2 aromatic heterocycles. The fraction of sp³-hybridized carbons (Fsp3) is 0.200. The van der Waals surface area contributed by atoms with E-state index in [0.717, 1.165) is 10.6 Å². The van der Waals surface area contributed by atoms with Crippen LogP contribution in [0.25, 0.3) is 0 Å². The van der Waals surface area contributed by atoms with Crippen LogP contribution < -0.4 is 5.32 Å². The van der Waals surface area contributed by atoms with E-state index in [1.807, 2.05) is 13.8 Å². The highest BCUT2D eigenvalue weighted by molar-refractivity contribution is 7.15. The minimum atomic E-state index is -0.290. The molecule has 0 atom stereocenters. The molecule has 0 bridgehead atoms. The van der Waals surface area contributed by atoms with E-state index in [1.54, 1.807) is 12.4 Å². The first-order chi connectivity index (χ1) is 7.65. The van der Waals surface area contributed by atoms with E-state index in [0.29, 0.717) is 10.8 Å². The van der Waals surface area contributed by atoms with Crippen molar-refractivity contribution in [2.45, 2.75) is 13.8 Å². The first kappa shape index (κ1) is 10.7. The molecule has 16 heavy (non-hydrogen) atoms. The summed E-state index contributed by atoms with van der Waals surface area (Å²) >= 11 is 1.42. The first-order valence-electron chi connectivity index (χ1n) is 4.67. The Hall–Kier alpha value is -1.82. The van der Waals surface area contributed by atoms with Crippen molar-refractivity contribution < 1.29 is 4.79 Å². The average molecular weight is 234 g/mol. The molecule has 0 saturated carbocycles. The topological polar surface area (TPSA) is 67.8 Å². The van der Waals surface area contributed by atoms with Crippen molar-refractivity contribution in [1.82, 2.24) is 15.0 Å². The van der Waals surface area contributed by atoms with Gasteiger partial charge in [0.15, 0.2) is 5.13 Å². The van der Waals surface area contributed by atoms with Crippen LogP contribution in [0.4, 0.5) is 5.13 Å². The summed E-state index contributed by atoms with van der Waals surface area (Å²) in [5.41, 5.74) is 1.07. The van der Waals surface area contributed by atoms with Gasteiger partial charge < -0.3 is 0 Å². The zero-order chi connectivity index (χ0) is 11.5. The van der Waals surface area contributed by atoms with Crippen LogP contribution in [-0.2, 0) is 0 Å². The Labute approximate surface area is 96.6 Å². The van der Waals surface area contributed by atoms with Crippen LogP contribution in [0.15, 0.2) is 18.6 Å². The van der Waals surface area contributed by atoms with Gasteiger partial charge in [-0.3, -0.25) is 15.1 Å². The summed E-state index contributed by atoms with van der Waals surface area (Å²) in [6.07, 6.45) is 4.72. The van der Waals surface area contributed by atoms with E-state index in [-0.39, 0.29) is 5.91 Å². The highest BCUT2D eigenvalue weighted by atomic mass is 32.1. The van der Waals surface area contributed by atoms with Gasteiger partial charge in [0.25, 0.3) is 5.91 Å². The summed E-state index contributed by atoms with van der Waals surface area (Å²) in [5, 5.41) is 3.24. The summed E-state index contributed by atoms with van der Waals surface area (Å²) in [4.78, 5) is 24.8. The van der Waals surface area contributed by atoms with Crippen molar-refractivity contribution in [2.75, 3.05) is 5.32 Å². The Balaban J connectivity index is 2.11. The summed E-state index contributed by atoms with van der Waals surface area (Å²) < 4.78 is 0. The van der Waals surface area contributed by atoms with E-state index in [9.17, 15) is 4.79 Å². The van der Waals surface area contributed by atoms with Crippen LogP contribution >= 0.6 is 11.3 Å². The molecule has 2 aromatic rings. The molecule has 0 radical (unpaired) electrons. The molecule has 0 spiro atoms. The molecule has 0 aliphatic heterocycles. The van der Waals surface area contributed by atoms with Gasteiger partial charge in [0.2, 0.25) is 0 Å². The molecule has 2 rings (SSSR count). The van der Waals surface area contributed by atoms with Gasteiger partial charge in [0.1, 0.15) is 5.69 Å². The number of aromatic nitrogens is 3. The van der Waals surface area contributed by atoms with Crippen LogP contribution in [0.3, 0.4) is 0 Å². The number of hydrogen-bond donors (Lipinski definition) is 1. The molecule has 0 saturated heterocycles. The number of carbonyl (C=O) groups excluding carboxylic acids is 1. The predicted molar refractivity (Wildman–Crippen MR) is 61.6 cm³/mol. The number of aryl methyl sites for hydroxylation is 2. The molecule has 0 fully saturated rings. The molecule has 5 nitrogen and oxygen atoms in total. The average Bonchev–Trinajstić information content (AvgIpc) is 2.65. The zero-order valence-corrected chi connectivity index (χ0v) is 9.71. The lowest BCUT2D eigenvalue weighted by Crippen LogP contribution is -2.13. The zero-order valence-electron chi connectivity index (χ0n) is 8.89. The molecule has 0 aliphatic rings. The lowest BCUT2D eigenvalue weighted by molar-refractivity contribution is 0.102. The standard InChI is InChI=1S/C10H10N4OS/c1-6-3-12-8(5-11-6)9(15)14-10-13-4-7(2)16-10/h3-5H,1-2H3,(H,13,14,15). The van der Waals surface area contributed by atoms with Crippen molar-refractivity contribution in [2.24, 2.45) is 0 Å². The van der Waals surface area contributed by atoms with Gasteiger partial charge in [-0.15, -0.1) is 11.3 Å². The molecule has 1 amide bonds. The molecule has 6 heteroatoms. The van der Waals surface area contributed by atoms with Gasteiger partial charge in [-0.25, -0.2) is 9.97 Å². The second-order valence-corrected chi connectivity index (χ2v) is 4.51. The number of nitrogens with zero attached hydrogens (tertiary/aromatic N) is 3. The van der Waals surface area contributed by atoms with E-state index in [4.69, 9.17) is 0 Å². The fourth-order valence-electron chi connectivity index (χ4n) is 1.08. The normalized spacial score (nSPS) is 10.1. The second-order valence-electron chi connectivity index (χ2n) is 3.27. The Kier molecular flexibility index (Phi) is 2.91. The number of amides is 1. The van der Waals surface area contributed by atoms with Gasteiger partial charge in [0.05, 0.1) is 11.9 Å². The minimum Gasteiger partial charge on any atom is -0.296 e. The van der Waals surface area contributed by atoms with Gasteiger partial charge in [-0.05, 0) is 13.8 Å². The summed E-state index contributed by atoms with van der Waals surface area (Å²) in [5.74, 6) is -0.290. The van der Waals surface area contributed by atoms with Gasteiger partial charge in [-0.2, -0.15) is 0 Å². The Morgan fingerprint density at radius 3 is 2.56 bits per heavy atom. The van der Waals surface area contributed by atoms with Crippen LogP contribution in [0.2, 0.25) is 0 Å². The molecule has 0 aromatic carbocycles. The van der Waals surface area contributed by atoms with Crippen molar-refractivity contribution in [3.63, 3.8) is 0 Å². The largest absolute Gasteiger partial charge is 0.296 e. The SMILES string of the molecule is Cc1cnc(C(=O)Nc2ncc(C)s2)cn1. The molecular weight excluding hydrogens is 224 g/mol. The van der Waals surface area contributed by atoms with Gasteiger partial charge in [-0.1, -0.05) is 0 Å². The Bertz CT molecular complexity index is 506. The maximum Gasteiger partial charge on any atom is 0.277 e. The number of rotatable bonds is 2. The molecule has 2 heterocycles. The lowest BCUT2D eigenvalue weighted by Gasteiger charge is -2.00. The van der Waals surface area contributed by atoms with Crippen molar-refractivity contribution in [3.8, 4) is 0 Å². The van der Waals surface area contributed by atoms with Crippen molar-refractivity contribution >= 4 is 22.4 Å². The quantitative estimate of drug-likeness (QED) is 0.860. The van der Waals surface area contributed by atoms with E-state index in [1.165, 1.54) is 17.5 Å². The molecular formula is C10H10N4OS. The Morgan fingerprint density at radius 2 is 2.00 bits per heavy atom. The maximum absolute atomic E-state index is 11.7. The summed E-state index contributed by atoms with van der Waals surface area (Å²) in [6.45, 7) is 3.75. The lowest BCUT2D eigenvalue weighted by atomic mass is 10.4. The van der Waals surface area contributed by atoms with Crippen molar-refractivity contribution in [1.29, 1.82) is 0 Å². The van der Waals surface area contributed by atoms with E-state index in [2.05, 4.69) is 20.3 Å².